The van der Waals surface area contributed by atoms with E-state index in [1.54, 1.807) is 11.3 Å². The fraction of sp³-hybridized carbons (Fsp3) is 0.636. The van der Waals surface area contributed by atoms with Gasteiger partial charge in [0.1, 0.15) is 0 Å². The molecular formula is C11H18N4S. The first kappa shape index (κ1) is 12.9. The molecule has 0 aromatic carbocycles. The topological polar surface area (TPSA) is 52.0 Å². The number of thiazole rings is 1. The number of rotatable bonds is 6. The van der Waals surface area contributed by atoms with E-state index in [1.807, 2.05) is 25.2 Å². The van der Waals surface area contributed by atoms with Gasteiger partial charge >= 0.3 is 0 Å². The number of aromatic nitrogens is 1. The molecule has 1 heterocycles. The van der Waals surface area contributed by atoms with E-state index < -0.39 is 0 Å². The normalized spacial score (nSPS) is 12.1. The Morgan fingerprint density at radius 3 is 2.88 bits per heavy atom. The van der Waals surface area contributed by atoms with Gasteiger partial charge in [0, 0.05) is 37.8 Å². The Kier molecular flexibility index (Phi) is 5.23. The SMILES string of the molecule is CCC(CC#N)NCc1cnc(N(C)C)s1. The second-order valence-electron chi connectivity index (χ2n) is 3.85. The van der Waals surface area contributed by atoms with E-state index >= 15 is 0 Å². The molecule has 1 aromatic heterocycles. The third-order valence-corrected chi connectivity index (χ3v) is 3.48. The van der Waals surface area contributed by atoms with E-state index in [0.29, 0.717) is 6.42 Å². The lowest BCUT2D eigenvalue weighted by molar-refractivity contribution is 0.507. The zero-order valence-electron chi connectivity index (χ0n) is 10.0. The molecular weight excluding hydrogens is 220 g/mol. The molecule has 0 amide bonds. The summed E-state index contributed by atoms with van der Waals surface area (Å²) in [6.45, 7) is 2.89. The van der Waals surface area contributed by atoms with Gasteiger partial charge in [0.05, 0.1) is 12.5 Å². The number of hydrogen-bond acceptors (Lipinski definition) is 5. The summed E-state index contributed by atoms with van der Waals surface area (Å²) in [4.78, 5) is 7.51. The third-order valence-electron chi connectivity index (χ3n) is 2.32. The van der Waals surface area contributed by atoms with Crippen LogP contribution in [-0.2, 0) is 6.54 Å². The van der Waals surface area contributed by atoms with Crippen LogP contribution in [-0.4, -0.2) is 25.1 Å². The maximum Gasteiger partial charge on any atom is 0.185 e. The second-order valence-corrected chi connectivity index (χ2v) is 4.95. The molecule has 4 nitrogen and oxygen atoms in total. The molecule has 0 spiro atoms. The van der Waals surface area contributed by atoms with Gasteiger partial charge in [-0.05, 0) is 6.42 Å². The first-order valence-corrected chi connectivity index (χ1v) is 6.21. The van der Waals surface area contributed by atoms with E-state index in [4.69, 9.17) is 5.26 Å². The lowest BCUT2D eigenvalue weighted by Gasteiger charge is -2.12. The van der Waals surface area contributed by atoms with E-state index in [0.717, 1.165) is 18.1 Å². The van der Waals surface area contributed by atoms with E-state index in [9.17, 15) is 0 Å². The van der Waals surface area contributed by atoms with Gasteiger partial charge in [-0.1, -0.05) is 6.92 Å². The van der Waals surface area contributed by atoms with Crippen molar-refractivity contribution >= 4 is 16.5 Å². The molecule has 0 aliphatic rings. The summed E-state index contributed by atoms with van der Waals surface area (Å²) in [5, 5.41) is 13.0. The monoisotopic (exact) mass is 238 g/mol. The minimum atomic E-state index is 0.287. The summed E-state index contributed by atoms with van der Waals surface area (Å²) >= 11 is 1.68. The van der Waals surface area contributed by atoms with Crippen LogP contribution in [0.3, 0.4) is 0 Å². The highest BCUT2D eigenvalue weighted by molar-refractivity contribution is 7.15. The van der Waals surface area contributed by atoms with Crippen LogP contribution in [0.2, 0.25) is 0 Å². The van der Waals surface area contributed by atoms with Crippen LogP contribution in [0.25, 0.3) is 0 Å². The van der Waals surface area contributed by atoms with Gasteiger partial charge in [-0.15, -0.1) is 11.3 Å². The molecule has 0 saturated heterocycles. The first-order chi connectivity index (χ1) is 7.67. The van der Waals surface area contributed by atoms with Gasteiger partial charge in [-0.25, -0.2) is 4.98 Å². The van der Waals surface area contributed by atoms with Gasteiger partial charge in [-0.3, -0.25) is 0 Å². The lowest BCUT2D eigenvalue weighted by Crippen LogP contribution is -2.26. The van der Waals surface area contributed by atoms with Crippen molar-refractivity contribution in [2.75, 3.05) is 19.0 Å². The molecule has 1 N–H and O–H groups in total. The van der Waals surface area contributed by atoms with Crippen molar-refractivity contribution in [3.8, 4) is 6.07 Å². The number of nitrogens with zero attached hydrogens (tertiary/aromatic N) is 3. The quantitative estimate of drug-likeness (QED) is 0.823. The predicted molar refractivity (Wildman–Crippen MR) is 67.6 cm³/mol. The molecule has 16 heavy (non-hydrogen) atoms. The lowest BCUT2D eigenvalue weighted by atomic mass is 10.2. The molecule has 0 fully saturated rings. The Labute approximate surface area is 101 Å². The molecule has 0 bridgehead atoms. The Hall–Kier alpha value is -1.12. The number of anilines is 1. The Balaban J connectivity index is 2.44. The van der Waals surface area contributed by atoms with Crippen molar-refractivity contribution in [1.29, 1.82) is 5.26 Å². The predicted octanol–water partition coefficient (Wildman–Crippen LogP) is 1.99. The van der Waals surface area contributed by atoms with Gasteiger partial charge in [0.25, 0.3) is 0 Å². The van der Waals surface area contributed by atoms with Crippen LogP contribution in [0.1, 0.15) is 24.6 Å². The van der Waals surface area contributed by atoms with Crippen LogP contribution in [0.4, 0.5) is 5.13 Å². The summed E-state index contributed by atoms with van der Waals surface area (Å²) in [5.41, 5.74) is 0. The molecule has 5 heteroatoms. The van der Waals surface area contributed by atoms with Crippen molar-refractivity contribution < 1.29 is 0 Å². The van der Waals surface area contributed by atoms with E-state index in [1.165, 1.54) is 4.88 Å². The maximum absolute atomic E-state index is 8.64. The maximum atomic E-state index is 8.64. The average molecular weight is 238 g/mol. The average Bonchev–Trinajstić information content (AvgIpc) is 2.73. The Bertz CT molecular complexity index is 353. The smallest absolute Gasteiger partial charge is 0.185 e. The van der Waals surface area contributed by atoms with Crippen molar-refractivity contribution in [2.45, 2.75) is 32.4 Å². The van der Waals surface area contributed by atoms with Crippen molar-refractivity contribution in [2.24, 2.45) is 0 Å². The highest BCUT2D eigenvalue weighted by Crippen LogP contribution is 2.20. The van der Waals surface area contributed by atoms with Crippen LogP contribution in [0.15, 0.2) is 6.20 Å². The fourth-order valence-corrected chi connectivity index (χ4v) is 2.09. The number of nitriles is 1. The van der Waals surface area contributed by atoms with Crippen LogP contribution >= 0.6 is 11.3 Å². The van der Waals surface area contributed by atoms with Gasteiger partial charge < -0.3 is 10.2 Å². The molecule has 0 aliphatic heterocycles. The zero-order chi connectivity index (χ0) is 12.0. The van der Waals surface area contributed by atoms with Crippen LogP contribution in [0, 0.1) is 11.3 Å². The van der Waals surface area contributed by atoms with Crippen molar-refractivity contribution in [1.82, 2.24) is 10.3 Å². The minimum Gasteiger partial charge on any atom is -0.354 e. The highest BCUT2D eigenvalue weighted by atomic mass is 32.1. The molecule has 88 valence electrons. The summed E-state index contributed by atoms with van der Waals surface area (Å²) < 4.78 is 0. The zero-order valence-corrected chi connectivity index (χ0v) is 10.8. The minimum absolute atomic E-state index is 0.287. The molecule has 0 saturated carbocycles. The molecule has 1 rings (SSSR count). The van der Waals surface area contributed by atoms with Crippen LogP contribution in [0.5, 0.6) is 0 Å². The number of hydrogen-bond donors (Lipinski definition) is 1. The third kappa shape index (κ3) is 3.80. The molecule has 0 aliphatic carbocycles. The van der Waals surface area contributed by atoms with Crippen molar-refractivity contribution in [3.05, 3.63) is 11.1 Å². The van der Waals surface area contributed by atoms with Gasteiger partial charge in [-0.2, -0.15) is 5.26 Å². The van der Waals surface area contributed by atoms with Crippen LogP contribution < -0.4 is 10.2 Å². The summed E-state index contributed by atoms with van der Waals surface area (Å²) in [6.07, 6.45) is 3.44. The molecule has 0 radical (unpaired) electrons. The first-order valence-electron chi connectivity index (χ1n) is 5.39. The van der Waals surface area contributed by atoms with E-state index in [-0.39, 0.29) is 6.04 Å². The summed E-state index contributed by atoms with van der Waals surface area (Å²) in [6, 6.07) is 2.48. The van der Waals surface area contributed by atoms with Gasteiger partial charge in [0.15, 0.2) is 5.13 Å². The Morgan fingerprint density at radius 2 is 2.38 bits per heavy atom. The molecule has 1 atom stereocenters. The van der Waals surface area contributed by atoms with E-state index in [2.05, 4.69) is 23.3 Å². The number of nitrogens with one attached hydrogen (secondary N) is 1. The molecule has 1 aromatic rings. The standard InChI is InChI=1S/C11H18N4S/c1-4-9(5-6-12)13-7-10-8-14-11(16-10)15(2)3/h8-9,13H,4-5,7H2,1-3H3. The second kappa shape index (κ2) is 6.46. The van der Waals surface area contributed by atoms with Gasteiger partial charge in [0.2, 0.25) is 0 Å². The fourth-order valence-electron chi connectivity index (χ4n) is 1.30. The largest absolute Gasteiger partial charge is 0.354 e. The summed E-state index contributed by atoms with van der Waals surface area (Å²) in [5.74, 6) is 0. The van der Waals surface area contributed by atoms with Crippen molar-refractivity contribution in [3.63, 3.8) is 0 Å². The highest BCUT2D eigenvalue weighted by Gasteiger charge is 2.07. The molecule has 1 unspecified atom stereocenters. The summed E-state index contributed by atoms with van der Waals surface area (Å²) in [7, 11) is 3.97. The Morgan fingerprint density at radius 1 is 1.62 bits per heavy atom.